The van der Waals surface area contributed by atoms with Crippen molar-refractivity contribution in [2.45, 2.75) is 33.1 Å². The number of likely N-dealkylation sites (tertiary alicyclic amines) is 1. The highest BCUT2D eigenvalue weighted by Crippen LogP contribution is 2.14. The highest BCUT2D eigenvalue weighted by Gasteiger charge is 2.09. The van der Waals surface area contributed by atoms with Gasteiger partial charge in [-0.3, -0.25) is 0 Å². The molecule has 0 radical (unpaired) electrons. The molecular weight excluding hydrogens is 184 g/mol. The summed E-state index contributed by atoms with van der Waals surface area (Å²) < 4.78 is 0. The summed E-state index contributed by atoms with van der Waals surface area (Å²) in [5.74, 6) is 0. The number of rotatable bonds is 5. The molecule has 1 aliphatic rings. The number of hydrogen-bond acceptors (Lipinski definition) is 2. The molecule has 88 valence electrons. The Morgan fingerprint density at radius 2 is 2.07 bits per heavy atom. The molecule has 0 bridgehead atoms. The van der Waals surface area contributed by atoms with Gasteiger partial charge in [-0.15, -0.1) is 0 Å². The molecule has 0 saturated carbocycles. The quantitative estimate of drug-likeness (QED) is 0.643. The van der Waals surface area contributed by atoms with Crippen LogP contribution in [0.1, 0.15) is 33.1 Å². The first kappa shape index (κ1) is 12.7. The molecule has 1 fully saturated rings. The molecule has 0 aromatic carbocycles. The molecule has 0 aliphatic carbocycles. The zero-order chi connectivity index (χ0) is 11.1. The van der Waals surface area contributed by atoms with E-state index < -0.39 is 0 Å². The average molecular weight is 210 g/mol. The van der Waals surface area contributed by atoms with Gasteiger partial charge < -0.3 is 9.80 Å². The van der Waals surface area contributed by atoms with Crippen LogP contribution >= 0.6 is 0 Å². The van der Waals surface area contributed by atoms with Crippen LogP contribution in [0.2, 0.25) is 0 Å². The topological polar surface area (TPSA) is 6.48 Å². The van der Waals surface area contributed by atoms with Crippen LogP contribution in [0.15, 0.2) is 11.6 Å². The van der Waals surface area contributed by atoms with Crippen LogP contribution in [0.5, 0.6) is 0 Å². The normalized spacial score (nSPS) is 21.5. The zero-order valence-electron chi connectivity index (χ0n) is 10.6. The lowest BCUT2D eigenvalue weighted by Gasteiger charge is -2.24. The van der Waals surface area contributed by atoms with Gasteiger partial charge in [-0.25, -0.2) is 0 Å². The Morgan fingerprint density at radius 1 is 1.33 bits per heavy atom. The second kappa shape index (κ2) is 7.02. The second-order valence-electron chi connectivity index (χ2n) is 4.52. The molecule has 0 atom stereocenters. The number of hydrogen-bond donors (Lipinski definition) is 0. The lowest BCUT2D eigenvalue weighted by molar-refractivity contribution is 0.306. The van der Waals surface area contributed by atoms with Crippen LogP contribution < -0.4 is 0 Å². The summed E-state index contributed by atoms with van der Waals surface area (Å²) in [6.07, 6.45) is 6.36. The summed E-state index contributed by atoms with van der Waals surface area (Å²) in [6, 6.07) is 0. The van der Waals surface area contributed by atoms with Gasteiger partial charge in [-0.2, -0.15) is 0 Å². The number of nitrogens with zero attached hydrogens (tertiary/aromatic N) is 2. The van der Waals surface area contributed by atoms with Crippen LogP contribution in [-0.2, 0) is 0 Å². The fraction of sp³-hybridized carbons (Fsp3) is 0.846. The van der Waals surface area contributed by atoms with Crippen molar-refractivity contribution in [3.63, 3.8) is 0 Å². The third-order valence-electron chi connectivity index (χ3n) is 3.28. The van der Waals surface area contributed by atoms with E-state index in [0.29, 0.717) is 0 Å². The largest absolute Gasteiger partial charge is 0.304 e. The summed E-state index contributed by atoms with van der Waals surface area (Å²) in [7, 11) is 2.22. The van der Waals surface area contributed by atoms with Crippen LogP contribution in [0.25, 0.3) is 0 Å². The van der Waals surface area contributed by atoms with Crippen molar-refractivity contribution < 1.29 is 0 Å². The Hall–Kier alpha value is -0.340. The van der Waals surface area contributed by atoms with Crippen LogP contribution in [0.4, 0.5) is 0 Å². The van der Waals surface area contributed by atoms with Crippen LogP contribution in [0, 0.1) is 0 Å². The molecule has 0 N–H and O–H groups in total. The number of likely N-dealkylation sites (N-methyl/N-ethyl adjacent to an activating group) is 1. The van der Waals surface area contributed by atoms with E-state index in [0.717, 1.165) is 0 Å². The first-order chi connectivity index (χ1) is 7.26. The Labute approximate surface area is 94.9 Å². The van der Waals surface area contributed by atoms with Gasteiger partial charge >= 0.3 is 0 Å². The highest BCUT2D eigenvalue weighted by molar-refractivity contribution is 5.06. The lowest BCUT2D eigenvalue weighted by Crippen LogP contribution is -2.27. The van der Waals surface area contributed by atoms with Crippen molar-refractivity contribution in [3.05, 3.63) is 11.6 Å². The standard InChI is InChI=1S/C13H26N2/c1-4-15(5-2)11-7-9-13-8-6-10-14(3)12-13/h9H,4-8,10-12H2,1-3H3/b13-9+. The van der Waals surface area contributed by atoms with E-state index in [1.807, 2.05) is 0 Å². The van der Waals surface area contributed by atoms with E-state index in [-0.39, 0.29) is 0 Å². The summed E-state index contributed by atoms with van der Waals surface area (Å²) >= 11 is 0. The second-order valence-corrected chi connectivity index (χ2v) is 4.52. The van der Waals surface area contributed by atoms with E-state index >= 15 is 0 Å². The summed E-state index contributed by atoms with van der Waals surface area (Å²) in [5, 5.41) is 0. The molecule has 1 heterocycles. The molecule has 1 saturated heterocycles. The first-order valence-electron chi connectivity index (χ1n) is 6.35. The predicted octanol–water partition coefficient (Wildman–Crippen LogP) is 2.37. The number of piperidine rings is 1. The van der Waals surface area contributed by atoms with Gasteiger partial charge in [-0.05, 0) is 45.9 Å². The fourth-order valence-corrected chi connectivity index (χ4v) is 2.24. The summed E-state index contributed by atoms with van der Waals surface area (Å²) in [5.41, 5.74) is 1.65. The first-order valence-corrected chi connectivity index (χ1v) is 6.35. The molecule has 1 aliphatic heterocycles. The Kier molecular flexibility index (Phi) is 5.96. The van der Waals surface area contributed by atoms with Gasteiger partial charge in [0.05, 0.1) is 0 Å². The molecule has 15 heavy (non-hydrogen) atoms. The highest BCUT2D eigenvalue weighted by atomic mass is 15.1. The maximum absolute atomic E-state index is 2.49. The third kappa shape index (κ3) is 4.80. The molecule has 0 aromatic heterocycles. The van der Waals surface area contributed by atoms with Crippen molar-refractivity contribution in [3.8, 4) is 0 Å². The molecule has 2 nitrogen and oxygen atoms in total. The Morgan fingerprint density at radius 3 is 2.67 bits per heavy atom. The van der Waals surface area contributed by atoms with Gasteiger partial charge in [0.25, 0.3) is 0 Å². The SMILES string of the molecule is CCN(CC)CC/C=C1\CCCN(C)C1. The lowest BCUT2D eigenvalue weighted by atomic mass is 10.0. The minimum absolute atomic E-state index is 1.18. The van der Waals surface area contributed by atoms with Crippen molar-refractivity contribution in [1.82, 2.24) is 9.80 Å². The molecule has 1 rings (SSSR count). The third-order valence-corrected chi connectivity index (χ3v) is 3.28. The van der Waals surface area contributed by atoms with E-state index in [1.54, 1.807) is 5.57 Å². The van der Waals surface area contributed by atoms with Crippen molar-refractivity contribution in [2.24, 2.45) is 0 Å². The van der Waals surface area contributed by atoms with Gasteiger partial charge in [0.2, 0.25) is 0 Å². The minimum Gasteiger partial charge on any atom is -0.304 e. The average Bonchev–Trinajstić information content (AvgIpc) is 2.25. The van der Waals surface area contributed by atoms with Crippen molar-refractivity contribution >= 4 is 0 Å². The van der Waals surface area contributed by atoms with Crippen LogP contribution in [-0.4, -0.2) is 49.6 Å². The molecule has 0 unspecified atom stereocenters. The maximum atomic E-state index is 2.49. The predicted molar refractivity (Wildman–Crippen MR) is 67.2 cm³/mol. The molecule has 0 amide bonds. The van der Waals surface area contributed by atoms with E-state index in [9.17, 15) is 0 Å². The van der Waals surface area contributed by atoms with Crippen LogP contribution in [0.3, 0.4) is 0 Å². The summed E-state index contributed by atoms with van der Waals surface area (Å²) in [4.78, 5) is 4.91. The Balaban J connectivity index is 2.24. The zero-order valence-corrected chi connectivity index (χ0v) is 10.6. The fourth-order valence-electron chi connectivity index (χ4n) is 2.24. The monoisotopic (exact) mass is 210 g/mol. The van der Waals surface area contributed by atoms with Gasteiger partial charge in [-0.1, -0.05) is 25.5 Å². The van der Waals surface area contributed by atoms with E-state index in [4.69, 9.17) is 0 Å². The van der Waals surface area contributed by atoms with E-state index in [1.165, 1.54) is 52.0 Å². The van der Waals surface area contributed by atoms with Crippen molar-refractivity contribution in [1.29, 1.82) is 0 Å². The molecular formula is C13H26N2. The minimum atomic E-state index is 1.18. The van der Waals surface area contributed by atoms with Gasteiger partial charge in [0.15, 0.2) is 0 Å². The smallest absolute Gasteiger partial charge is 0.0189 e. The molecule has 0 aromatic rings. The van der Waals surface area contributed by atoms with Gasteiger partial charge in [0, 0.05) is 13.1 Å². The Bertz CT molecular complexity index is 195. The molecule has 2 heteroatoms. The van der Waals surface area contributed by atoms with Crippen molar-refractivity contribution in [2.75, 3.05) is 39.8 Å². The van der Waals surface area contributed by atoms with Gasteiger partial charge in [0.1, 0.15) is 0 Å². The van der Waals surface area contributed by atoms with E-state index in [2.05, 4.69) is 36.8 Å². The molecule has 0 spiro atoms. The summed E-state index contributed by atoms with van der Waals surface area (Å²) in [6.45, 7) is 10.5. The maximum Gasteiger partial charge on any atom is 0.0189 e.